The molecule has 1 aromatic rings. The third kappa shape index (κ3) is 4.78. The SMILES string of the molecule is O=C(COC(=O)c1ccc(Br)cc1F)NCC1CCCO1. The molecule has 1 aliphatic rings. The van der Waals surface area contributed by atoms with Crippen molar-refractivity contribution in [3.05, 3.63) is 34.1 Å². The predicted octanol–water partition coefficient (Wildman–Crippen LogP) is 2.04. The normalized spacial score (nSPS) is 17.5. The number of carbonyl (C=O) groups is 2. The van der Waals surface area contributed by atoms with Crippen LogP contribution < -0.4 is 5.32 Å². The third-order valence-corrected chi connectivity index (χ3v) is 3.53. The molecular weight excluding hydrogens is 345 g/mol. The quantitative estimate of drug-likeness (QED) is 0.817. The maximum atomic E-state index is 13.5. The zero-order valence-corrected chi connectivity index (χ0v) is 12.8. The van der Waals surface area contributed by atoms with Gasteiger partial charge in [-0.05, 0) is 31.0 Å². The number of nitrogens with one attached hydrogen (secondary N) is 1. The summed E-state index contributed by atoms with van der Waals surface area (Å²) in [7, 11) is 0. The first-order valence-electron chi connectivity index (χ1n) is 6.57. The Morgan fingerprint density at radius 2 is 2.29 bits per heavy atom. The number of hydrogen-bond acceptors (Lipinski definition) is 4. The van der Waals surface area contributed by atoms with Crippen LogP contribution in [0, 0.1) is 5.82 Å². The van der Waals surface area contributed by atoms with Crippen molar-refractivity contribution in [2.45, 2.75) is 18.9 Å². The van der Waals surface area contributed by atoms with Crippen molar-refractivity contribution in [3.8, 4) is 0 Å². The molecule has 0 radical (unpaired) electrons. The molecule has 1 heterocycles. The number of amides is 1. The Balaban J connectivity index is 1.76. The molecule has 7 heteroatoms. The molecule has 1 atom stereocenters. The lowest BCUT2D eigenvalue weighted by atomic mass is 10.2. The lowest BCUT2D eigenvalue weighted by Gasteiger charge is -2.11. The van der Waals surface area contributed by atoms with E-state index in [2.05, 4.69) is 21.2 Å². The van der Waals surface area contributed by atoms with E-state index in [-0.39, 0.29) is 11.7 Å². The maximum Gasteiger partial charge on any atom is 0.341 e. The van der Waals surface area contributed by atoms with Gasteiger partial charge in [-0.2, -0.15) is 0 Å². The fourth-order valence-corrected chi connectivity index (χ4v) is 2.28. The van der Waals surface area contributed by atoms with Gasteiger partial charge in [-0.15, -0.1) is 0 Å². The molecule has 0 spiro atoms. The molecule has 0 bridgehead atoms. The van der Waals surface area contributed by atoms with Gasteiger partial charge in [0.1, 0.15) is 5.82 Å². The molecular formula is C14H15BrFNO4. The van der Waals surface area contributed by atoms with Crippen LogP contribution in [-0.4, -0.2) is 37.7 Å². The summed E-state index contributed by atoms with van der Waals surface area (Å²) in [6.07, 6.45) is 1.91. The molecule has 5 nitrogen and oxygen atoms in total. The van der Waals surface area contributed by atoms with E-state index in [1.807, 2.05) is 0 Å². The van der Waals surface area contributed by atoms with Gasteiger partial charge in [-0.1, -0.05) is 15.9 Å². The summed E-state index contributed by atoms with van der Waals surface area (Å²) in [4.78, 5) is 23.2. The Hall–Kier alpha value is -1.47. The third-order valence-electron chi connectivity index (χ3n) is 3.04. The van der Waals surface area contributed by atoms with Gasteiger partial charge in [-0.25, -0.2) is 9.18 Å². The summed E-state index contributed by atoms with van der Waals surface area (Å²) < 4.78 is 24.2. The Bertz CT molecular complexity index is 532. The Morgan fingerprint density at radius 1 is 1.48 bits per heavy atom. The minimum Gasteiger partial charge on any atom is -0.452 e. The molecule has 1 saturated heterocycles. The van der Waals surface area contributed by atoms with Crippen molar-refractivity contribution in [1.82, 2.24) is 5.32 Å². The topological polar surface area (TPSA) is 64.6 Å². The summed E-state index contributed by atoms with van der Waals surface area (Å²) in [5.74, 6) is -2.00. The van der Waals surface area contributed by atoms with Crippen molar-refractivity contribution >= 4 is 27.8 Å². The summed E-state index contributed by atoms with van der Waals surface area (Å²) in [5.41, 5.74) is -0.204. The van der Waals surface area contributed by atoms with Crippen LogP contribution in [0.15, 0.2) is 22.7 Å². The number of hydrogen-bond donors (Lipinski definition) is 1. The van der Waals surface area contributed by atoms with Gasteiger partial charge in [-0.3, -0.25) is 4.79 Å². The van der Waals surface area contributed by atoms with Crippen LogP contribution in [0.4, 0.5) is 4.39 Å². The first-order valence-corrected chi connectivity index (χ1v) is 7.36. The van der Waals surface area contributed by atoms with Gasteiger partial charge in [0.05, 0.1) is 11.7 Å². The molecule has 1 aromatic carbocycles. The van der Waals surface area contributed by atoms with E-state index in [0.29, 0.717) is 17.6 Å². The second-order valence-corrected chi connectivity index (χ2v) is 5.56. The lowest BCUT2D eigenvalue weighted by molar-refractivity contribution is -0.124. The highest BCUT2D eigenvalue weighted by Gasteiger charge is 2.18. The van der Waals surface area contributed by atoms with Gasteiger partial charge >= 0.3 is 5.97 Å². The van der Waals surface area contributed by atoms with E-state index < -0.39 is 24.3 Å². The summed E-state index contributed by atoms with van der Waals surface area (Å²) in [6.45, 7) is 0.655. The minimum atomic E-state index is -0.868. The van der Waals surface area contributed by atoms with Crippen LogP contribution in [0.3, 0.4) is 0 Å². The van der Waals surface area contributed by atoms with Crippen LogP contribution in [0.25, 0.3) is 0 Å². The summed E-state index contributed by atoms with van der Waals surface area (Å²) in [6, 6.07) is 3.98. The highest BCUT2D eigenvalue weighted by Crippen LogP contribution is 2.16. The molecule has 1 aliphatic heterocycles. The Morgan fingerprint density at radius 3 is 2.95 bits per heavy atom. The first kappa shape index (κ1) is 15.9. The zero-order chi connectivity index (χ0) is 15.2. The molecule has 1 N–H and O–H groups in total. The fraction of sp³-hybridized carbons (Fsp3) is 0.429. The molecule has 0 saturated carbocycles. The molecule has 2 rings (SSSR count). The molecule has 1 fully saturated rings. The average Bonchev–Trinajstić information content (AvgIpc) is 2.95. The van der Waals surface area contributed by atoms with Gasteiger partial charge in [0.2, 0.25) is 0 Å². The van der Waals surface area contributed by atoms with Crippen molar-refractivity contribution in [1.29, 1.82) is 0 Å². The summed E-state index contributed by atoms with van der Waals surface area (Å²) >= 11 is 3.09. The highest BCUT2D eigenvalue weighted by molar-refractivity contribution is 9.10. The predicted molar refractivity (Wildman–Crippen MR) is 76.4 cm³/mol. The van der Waals surface area contributed by atoms with E-state index in [4.69, 9.17) is 9.47 Å². The molecule has 1 amide bonds. The molecule has 1 unspecified atom stereocenters. The van der Waals surface area contributed by atoms with Crippen LogP contribution in [0.5, 0.6) is 0 Å². The van der Waals surface area contributed by atoms with Crippen molar-refractivity contribution < 1.29 is 23.5 Å². The van der Waals surface area contributed by atoms with E-state index in [1.165, 1.54) is 12.1 Å². The summed E-state index contributed by atoms with van der Waals surface area (Å²) in [5, 5.41) is 2.61. The second kappa shape index (κ2) is 7.51. The monoisotopic (exact) mass is 359 g/mol. The highest BCUT2D eigenvalue weighted by atomic mass is 79.9. The standard InChI is InChI=1S/C14H15BrFNO4/c15-9-3-4-11(12(16)6-9)14(19)21-8-13(18)17-7-10-2-1-5-20-10/h3-4,6,10H,1-2,5,7-8H2,(H,17,18). The fourth-order valence-electron chi connectivity index (χ4n) is 1.95. The van der Waals surface area contributed by atoms with Crippen LogP contribution in [-0.2, 0) is 14.3 Å². The molecule has 114 valence electrons. The lowest BCUT2D eigenvalue weighted by Crippen LogP contribution is -2.34. The number of esters is 1. The smallest absolute Gasteiger partial charge is 0.341 e. The molecule has 21 heavy (non-hydrogen) atoms. The average molecular weight is 360 g/mol. The Kier molecular flexibility index (Phi) is 5.69. The van der Waals surface area contributed by atoms with E-state index in [9.17, 15) is 14.0 Å². The number of halogens is 2. The maximum absolute atomic E-state index is 13.5. The van der Waals surface area contributed by atoms with E-state index >= 15 is 0 Å². The van der Waals surface area contributed by atoms with Crippen molar-refractivity contribution in [3.63, 3.8) is 0 Å². The van der Waals surface area contributed by atoms with Crippen LogP contribution in [0.1, 0.15) is 23.2 Å². The Labute approximate surface area is 129 Å². The largest absolute Gasteiger partial charge is 0.452 e. The second-order valence-electron chi connectivity index (χ2n) is 4.64. The van der Waals surface area contributed by atoms with Gasteiger partial charge in [0, 0.05) is 17.6 Å². The van der Waals surface area contributed by atoms with Gasteiger partial charge < -0.3 is 14.8 Å². The van der Waals surface area contributed by atoms with Crippen molar-refractivity contribution in [2.75, 3.05) is 19.8 Å². The number of ether oxygens (including phenoxy) is 2. The minimum absolute atomic E-state index is 0.0218. The number of rotatable bonds is 5. The van der Waals surface area contributed by atoms with Crippen molar-refractivity contribution in [2.24, 2.45) is 0 Å². The van der Waals surface area contributed by atoms with E-state index in [0.717, 1.165) is 18.9 Å². The first-order chi connectivity index (χ1) is 10.1. The van der Waals surface area contributed by atoms with Crippen LogP contribution in [0.2, 0.25) is 0 Å². The number of benzene rings is 1. The molecule has 0 aliphatic carbocycles. The zero-order valence-electron chi connectivity index (χ0n) is 11.2. The van der Waals surface area contributed by atoms with Gasteiger partial charge in [0.15, 0.2) is 6.61 Å². The number of carbonyl (C=O) groups excluding carboxylic acids is 2. The van der Waals surface area contributed by atoms with Gasteiger partial charge in [0.25, 0.3) is 5.91 Å². The van der Waals surface area contributed by atoms with E-state index in [1.54, 1.807) is 0 Å². The van der Waals surface area contributed by atoms with Crippen LogP contribution >= 0.6 is 15.9 Å². The molecule has 0 aromatic heterocycles.